The van der Waals surface area contributed by atoms with Crippen molar-refractivity contribution in [3.05, 3.63) is 30.3 Å². The third kappa shape index (κ3) is 4.15. The molecule has 1 amide bonds. The number of nitrogens with zero attached hydrogens (tertiary/aromatic N) is 2. The summed E-state index contributed by atoms with van der Waals surface area (Å²) in [5.74, 6) is 0.161. The molecule has 138 valence electrons. The Morgan fingerprint density at radius 2 is 2.00 bits per heavy atom. The summed E-state index contributed by atoms with van der Waals surface area (Å²) in [6.45, 7) is 10.2. The number of hydrogen-bond acceptors (Lipinski definition) is 4. The van der Waals surface area contributed by atoms with Crippen molar-refractivity contribution >= 4 is 11.6 Å². The van der Waals surface area contributed by atoms with Gasteiger partial charge >= 0.3 is 0 Å². The summed E-state index contributed by atoms with van der Waals surface area (Å²) < 4.78 is 5.82. The molecule has 0 radical (unpaired) electrons. The molecule has 5 nitrogen and oxygen atoms in total. The van der Waals surface area contributed by atoms with E-state index < -0.39 is 5.54 Å². The van der Waals surface area contributed by atoms with Crippen LogP contribution in [0.5, 0.6) is 0 Å². The molecule has 2 aliphatic heterocycles. The minimum atomic E-state index is -0.623. The van der Waals surface area contributed by atoms with Gasteiger partial charge in [0, 0.05) is 31.4 Å². The van der Waals surface area contributed by atoms with Crippen molar-refractivity contribution in [2.75, 3.05) is 38.2 Å². The molecular formula is C20H31N3O2. The molecule has 0 spiro atoms. The van der Waals surface area contributed by atoms with Gasteiger partial charge in [0.2, 0.25) is 5.91 Å². The molecule has 3 rings (SSSR count). The molecule has 0 unspecified atom stereocenters. The fraction of sp³-hybridized carbons (Fsp3) is 0.650. The Labute approximate surface area is 151 Å². The number of anilines is 1. The van der Waals surface area contributed by atoms with Crippen molar-refractivity contribution in [1.29, 1.82) is 0 Å². The van der Waals surface area contributed by atoms with Crippen LogP contribution in [0.4, 0.5) is 5.69 Å². The zero-order chi connectivity index (χ0) is 17.9. The van der Waals surface area contributed by atoms with Gasteiger partial charge in [0.1, 0.15) is 5.54 Å². The van der Waals surface area contributed by atoms with Gasteiger partial charge in [-0.2, -0.15) is 0 Å². The molecule has 1 N–H and O–H groups in total. The summed E-state index contributed by atoms with van der Waals surface area (Å²) in [7, 11) is 0. The van der Waals surface area contributed by atoms with E-state index in [2.05, 4.69) is 17.1 Å². The summed E-state index contributed by atoms with van der Waals surface area (Å²) in [6, 6.07) is 10.8. The van der Waals surface area contributed by atoms with Crippen molar-refractivity contribution in [1.82, 2.24) is 9.80 Å². The van der Waals surface area contributed by atoms with Gasteiger partial charge in [-0.3, -0.25) is 9.69 Å². The van der Waals surface area contributed by atoms with Gasteiger partial charge in [0.15, 0.2) is 0 Å². The Hall–Kier alpha value is -1.59. The molecule has 5 heteroatoms. The van der Waals surface area contributed by atoms with Crippen LogP contribution in [0, 0.1) is 0 Å². The normalized spacial score (nSPS) is 24.7. The van der Waals surface area contributed by atoms with Crippen LogP contribution in [0.3, 0.4) is 0 Å². The summed E-state index contributed by atoms with van der Waals surface area (Å²) in [5.41, 5.74) is 0.352. The molecule has 25 heavy (non-hydrogen) atoms. The Balaban J connectivity index is 1.63. The predicted molar refractivity (Wildman–Crippen MR) is 101 cm³/mol. The molecule has 2 aliphatic rings. The molecule has 2 heterocycles. The molecule has 2 atom stereocenters. The number of morpholine rings is 1. The third-order valence-electron chi connectivity index (χ3n) is 5.29. The van der Waals surface area contributed by atoms with Gasteiger partial charge in [-0.15, -0.1) is 0 Å². The van der Waals surface area contributed by atoms with E-state index in [0.29, 0.717) is 12.1 Å². The van der Waals surface area contributed by atoms with Crippen LogP contribution in [0.25, 0.3) is 0 Å². The van der Waals surface area contributed by atoms with Crippen LogP contribution in [-0.4, -0.2) is 66.2 Å². The van der Waals surface area contributed by atoms with Gasteiger partial charge in [0.25, 0.3) is 0 Å². The minimum absolute atomic E-state index is 0.161. The average Bonchev–Trinajstić information content (AvgIpc) is 2.61. The topological polar surface area (TPSA) is 44.8 Å². The van der Waals surface area contributed by atoms with Crippen LogP contribution < -0.4 is 5.32 Å². The van der Waals surface area contributed by atoms with Crippen molar-refractivity contribution in [3.63, 3.8) is 0 Å². The first-order valence-corrected chi connectivity index (χ1v) is 9.47. The van der Waals surface area contributed by atoms with Crippen LogP contribution >= 0.6 is 0 Å². The molecule has 0 bridgehead atoms. The number of benzene rings is 1. The molecule has 1 aromatic carbocycles. The first-order valence-electron chi connectivity index (χ1n) is 9.47. The van der Waals surface area contributed by atoms with E-state index in [0.717, 1.165) is 38.5 Å². The Bertz CT molecular complexity index is 574. The Morgan fingerprint density at radius 1 is 1.24 bits per heavy atom. The molecule has 0 aromatic heterocycles. The van der Waals surface area contributed by atoms with E-state index in [1.165, 1.54) is 12.8 Å². The summed E-state index contributed by atoms with van der Waals surface area (Å²) >= 11 is 0. The molecule has 2 saturated heterocycles. The number of fused-ring (bicyclic) bond motifs is 1. The van der Waals surface area contributed by atoms with Crippen LogP contribution in [-0.2, 0) is 9.53 Å². The molecular weight excluding hydrogens is 314 g/mol. The zero-order valence-corrected chi connectivity index (χ0v) is 15.7. The third-order valence-corrected chi connectivity index (χ3v) is 5.29. The maximum atomic E-state index is 13.1. The number of hydrogen-bond donors (Lipinski definition) is 1. The van der Waals surface area contributed by atoms with Crippen molar-refractivity contribution in [2.24, 2.45) is 0 Å². The first-order chi connectivity index (χ1) is 12.0. The molecule has 2 fully saturated rings. The SMILES string of the molecule is CCC[C@H]1COC[C@H]2CN(C(=O)C(C)(C)Nc3ccccc3)CCN12. The number of carbonyl (C=O) groups excluding carboxylic acids is 1. The van der Waals surface area contributed by atoms with E-state index in [1.54, 1.807) is 0 Å². The maximum Gasteiger partial charge on any atom is 0.247 e. The summed E-state index contributed by atoms with van der Waals surface area (Å²) in [6.07, 6.45) is 2.35. The first kappa shape index (κ1) is 18.2. The van der Waals surface area contributed by atoms with E-state index in [9.17, 15) is 4.79 Å². The van der Waals surface area contributed by atoms with Crippen molar-refractivity contribution in [2.45, 2.75) is 51.2 Å². The standard InChI is InChI=1S/C20H31N3O2/c1-4-8-17-14-25-15-18-13-22(11-12-23(17)18)19(24)20(2,3)21-16-9-6-5-7-10-16/h5-7,9-10,17-18,21H,4,8,11-15H2,1-3H3/t17-,18+/m0/s1. The van der Waals surface area contributed by atoms with Gasteiger partial charge in [0.05, 0.1) is 19.3 Å². The average molecular weight is 345 g/mol. The molecule has 0 saturated carbocycles. The minimum Gasteiger partial charge on any atom is -0.378 e. The number of nitrogens with one attached hydrogen (secondary N) is 1. The number of amides is 1. The van der Waals surface area contributed by atoms with Crippen LogP contribution in [0.15, 0.2) is 30.3 Å². The summed E-state index contributed by atoms with van der Waals surface area (Å²) in [4.78, 5) is 17.7. The second-order valence-electron chi connectivity index (χ2n) is 7.74. The van der Waals surface area contributed by atoms with E-state index in [-0.39, 0.29) is 5.91 Å². The van der Waals surface area contributed by atoms with E-state index in [4.69, 9.17) is 4.74 Å². The quantitative estimate of drug-likeness (QED) is 0.891. The van der Waals surface area contributed by atoms with Crippen molar-refractivity contribution in [3.8, 4) is 0 Å². The van der Waals surface area contributed by atoms with Gasteiger partial charge in [-0.1, -0.05) is 31.5 Å². The van der Waals surface area contributed by atoms with E-state index >= 15 is 0 Å². The van der Waals surface area contributed by atoms with Crippen LogP contribution in [0.1, 0.15) is 33.6 Å². The highest BCUT2D eigenvalue weighted by Gasteiger charge is 2.40. The lowest BCUT2D eigenvalue weighted by Gasteiger charge is -2.49. The van der Waals surface area contributed by atoms with Gasteiger partial charge in [-0.05, 0) is 32.4 Å². The highest BCUT2D eigenvalue weighted by Crippen LogP contribution is 2.24. The van der Waals surface area contributed by atoms with Gasteiger partial charge < -0.3 is 15.0 Å². The lowest BCUT2D eigenvalue weighted by Crippen LogP contribution is -2.65. The number of piperazine rings is 1. The van der Waals surface area contributed by atoms with E-state index in [1.807, 2.05) is 49.1 Å². The highest BCUT2D eigenvalue weighted by atomic mass is 16.5. The fourth-order valence-electron chi connectivity index (χ4n) is 4.03. The summed E-state index contributed by atoms with van der Waals surface area (Å²) in [5, 5.41) is 3.38. The monoisotopic (exact) mass is 345 g/mol. The number of ether oxygens (including phenoxy) is 1. The predicted octanol–water partition coefficient (Wildman–Crippen LogP) is 2.59. The Morgan fingerprint density at radius 3 is 2.72 bits per heavy atom. The lowest BCUT2D eigenvalue weighted by atomic mass is 9.99. The number of carbonyl (C=O) groups is 1. The Kier molecular flexibility index (Phi) is 5.64. The number of rotatable bonds is 5. The molecule has 0 aliphatic carbocycles. The lowest BCUT2D eigenvalue weighted by molar-refractivity contribution is -0.143. The second kappa shape index (κ2) is 7.75. The van der Waals surface area contributed by atoms with Crippen molar-refractivity contribution < 1.29 is 9.53 Å². The van der Waals surface area contributed by atoms with Crippen LogP contribution in [0.2, 0.25) is 0 Å². The highest BCUT2D eigenvalue weighted by molar-refractivity contribution is 5.88. The van der Waals surface area contributed by atoms with Gasteiger partial charge in [-0.25, -0.2) is 0 Å². The smallest absolute Gasteiger partial charge is 0.247 e. The maximum absolute atomic E-state index is 13.1. The zero-order valence-electron chi connectivity index (χ0n) is 15.7. The second-order valence-corrected chi connectivity index (χ2v) is 7.74. The number of para-hydroxylation sites is 1. The largest absolute Gasteiger partial charge is 0.378 e. The molecule has 1 aromatic rings. The fourth-order valence-corrected chi connectivity index (χ4v) is 4.03.